The van der Waals surface area contributed by atoms with Gasteiger partial charge in [0.05, 0.1) is 28.6 Å². The molecule has 4 rings (SSSR count). The van der Waals surface area contributed by atoms with Gasteiger partial charge >= 0.3 is 0 Å². The monoisotopic (exact) mass is 472 g/mol. The number of benzene rings is 1. The molecular formula is C23H25ClN4O3S. The molecule has 1 saturated heterocycles. The van der Waals surface area contributed by atoms with E-state index >= 15 is 0 Å². The molecule has 168 valence electrons. The van der Waals surface area contributed by atoms with E-state index in [4.69, 9.17) is 33.3 Å². The van der Waals surface area contributed by atoms with Gasteiger partial charge in [-0.25, -0.2) is 0 Å². The molecule has 0 aliphatic carbocycles. The van der Waals surface area contributed by atoms with Crippen LogP contribution in [0.4, 0.5) is 5.69 Å². The lowest BCUT2D eigenvalue weighted by Crippen LogP contribution is -2.39. The highest BCUT2D eigenvalue weighted by molar-refractivity contribution is 7.81. The number of anilines is 1. The van der Waals surface area contributed by atoms with Crippen LogP contribution in [-0.2, 0) is 16.1 Å². The number of aromatic nitrogens is 1. The Labute approximate surface area is 197 Å². The molecule has 1 aromatic carbocycles. The molecule has 2 aliphatic rings. The number of hydrogen-bond donors (Lipinski definition) is 3. The molecule has 32 heavy (non-hydrogen) atoms. The van der Waals surface area contributed by atoms with Gasteiger partial charge in [0.25, 0.3) is 5.91 Å². The number of pyridine rings is 1. The summed E-state index contributed by atoms with van der Waals surface area (Å²) in [4.78, 5) is 17.2. The lowest BCUT2D eigenvalue weighted by Gasteiger charge is -2.27. The highest BCUT2D eigenvalue weighted by atomic mass is 35.5. The maximum atomic E-state index is 12.7. The lowest BCUT2D eigenvalue weighted by molar-refractivity contribution is -0.117. The van der Waals surface area contributed by atoms with Crippen molar-refractivity contribution in [1.29, 1.82) is 0 Å². The normalized spacial score (nSPS) is 17.9. The van der Waals surface area contributed by atoms with E-state index in [1.54, 1.807) is 12.4 Å². The quantitative estimate of drug-likeness (QED) is 0.507. The summed E-state index contributed by atoms with van der Waals surface area (Å²) < 4.78 is 11.3. The van der Waals surface area contributed by atoms with E-state index in [0.717, 1.165) is 29.9 Å². The number of aryl methyl sites for hydroxylation is 1. The lowest BCUT2D eigenvalue weighted by atomic mass is 10.1. The topological polar surface area (TPSA) is 84.5 Å². The number of rotatable bonds is 8. The first-order chi connectivity index (χ1) is 15.5. The Morgan fingerprint density at radius 1 is 1.41 bits per heavy atom. The number of nitrogens with zero attached hydrogens (tertiary/aromatic N) is 1. The van der Waals surface area contributed by atoms with Gasteiger partial charge in [0, 0.05) is 50.0 Å². The number of thiocarbonyl (C=S) groups is 1. The fraction of sp³-hybridized carbons (Fsp3) is 0.348. The molecule has 3 heterocycles. The van der Waals surface area contributed by atoms with Crippen molar-refractivity contribution >= 4 is 40.4 Å². The van der Waals surface area contributed by atoms with Gasteiger partial charge in [-0.3, -0.25) is 9.78 Å². The number of nitrogens with one attached hydrogen (secondary N) is 3. The van der Waals surface area contributed by atoms with Crippen LogP contribution in [0.1, 0.15) is 24.0 Å². The second-order valence-corrected chi connectivity index (χ2v) is 8.47. The van der Waals surface area contributed by atoms with Crippen molar-refractivity contribution < 1.29 is 14.3 Å². The minimum atomic E-state index is -0.214. The number of hydrogen-bond acceptors (Lipinski definition) is 6. The third kappa shape index (κ3) is 5.20. The number of halogens is 1. The van der Waals surface area contributed by atoms with Crippen molar-refractivity contribution in [2.24, 2.45) is 0 Å². The van der Waals surface area contributed by atoms with E-state index in [1.165, 1.54) is 0 Å². The minimum absolute atomic E-state index is 0.143. The van der Waals surface area contributed by atoms with Crippen molar-refractivity contribution in [2.45, 2.75) is 32.4 Å². The highest BCUT2D eigenvalue weighted by Crippen LogP contribution is 2.27. The Morgan fingerprint density at radius 3 is 3.03 bits per heavy atom. The molecule has 9 heteroatoms. The molecule has 0 radical (unpaired) electrons. The fourth-order valence-electron chi connectivity index (χ4n) is 3.48. The number of ether oxygens (including phenoxy) is 2. The zero-order valence-electron chi connectivity index (χ0n) is 17.7. The molecular weight excluding hydrogens is 448 g/mol. The predicted molar refractivity (Wildman–Crippen MR) is 128 cm³/mol. The van der Waals surface area contributed by atoms with Crippen LogP contribution in [0.15, 0.2) is 47.9 Å². The Hall–Kier alpha value is -2.68. The van der Waals surface area contributed by atoms with Crippen LogP contribution >= 0.6 is 23.8 Å². The number of amides is 1. The van der Waals surface area contributed by atoms with Gasteiger partial charge in [0.2, 0.25) is 0 Å². The molecule has 1 aromatic heterocycles. The summed E-state index contributed by atoms with van der Waals surface area (Å²) in [7, 11) is 0. The molecule has 1 unspecified atom stereocenters. The highest BCUT2D eigenvalue weighted by Gasteiger charge is 2.25. The molecule has 7 nitrogen and oxygen atoms in total. The predicted octanol–water partition coefficient (Wildman–Crippen LogP) is 3.51. The van der Waals surface area contributed by atoms with Gasteiger partial charge in [0.15, 0.2) is 0 Å². The largest absolute Gasteiger partial charge is 0.489 e. The smallest absolute Gasteiger partial charge is 0.256 e. The van der Waals surface area contributed by atoms with Gasteiger partial charge in [0.1, 0.15) is 17.3 Å². The van der Waals surface area contributed by atoms with Crippen molar-refractivity contribution in [3.8, 4) is 5.75 Å². The number of carbonyl (C=O) groups is 1. The Bertz CT molecular complexity index is 1060. The van der Waals surface area contributed by atoms with Crippen LogP contribution in [0.3, 0.4) is 0 Å². The SMILES string of the molecule is Cc1cccc(NC(=S)C2=C(NCc3ccncc3OCC3CCO3)CCNC2=O)c1Cl. The number of carbonyl (C=O) groups excluding carboxylic acids is 1. The van der Waals surface area contributed by atoms with Crippen LogP contribution < -0.4 is 20.7 Å². The first-order valence-electron chi connectivity index (χ1n) is 10.5. The van der Waals surface area contributed by atoms with Crippen molar-refractivity contribution in [1.82, 2.24) is 15.6 Å². The van der Waals surface area contributed by atoms with Crippen molar-refractivity contribution in [3.05, 3.63) is 64.1 Å². The van der Waals surface area contributed by atoms with Gasteiger partial charge in [-0.05, 0) is 24.6 Å². The molecule has 0 spiro atoms. The summed E-state index contributed by atoms with van der Waals surface area (Å²) in [5.74, 6) is 0.485. The second-order valence-electron chi connectivity index (χ2n) is 7.68. The third-order valence-corrected chi connectivity index (χ3v) is 6.24. The summed E-state index contributed by atoms with van der Waals surface area (Å²) >= 11 is 12.0. The third-order valence-electron chi connectivity index (χ3n) is 5.44. The van der Waals surface area contributed by atoms with Gasteiger partial charge in [-0.15, -0.1) is 0 Å². The van der Waals surface area contributed by atoms with Gasteiger partial charge in [-0.1, -0.05) is 36.0 Å². The first-order valence-corrected chi connectivity index (χ1v) is 11.3. The van der Waals surface area contributed by atoms with E-state index in [2.05, 4.69) is 20.9 Å². The standard InChI is InChI=1S/C23H25ClN4O3S/c1-14-3-2-4-18(21(14)24)28-23(32)20-17(6-9-26-22(20)29)27-11-15-5-8-25-12-19(15)31-13-16-7-10-30-16/h2-5,8,12,16,27H,6-7,9-11,13H2,1H3,(H,26,29)(H,28,32). The van der Waals surface area contributed by atoms with Crippen molar-refractivity contribution in [3.63, 3.8) is 0 Å². The summed E-state index contributed by atoms with van der Waals surface area (Å²) in [6.45, 7) is 4.22. The summed E-state index contributed by atoms with van der Waals surface area (Å²) in [6, 6.07) is 7.54. The summed E-state index contributed by atoms with van der Waals surface area (Å²) in [5, 5.41) is 9.96. The first kappa shape index (κ1) is 22.5. The zero-order chi connectivity index (χ0) is 22.5. The van der Waals surface area contributed by atoms with E-state index in [0.29, 0.717) is 53.1 Å². The van der Waals surface area contributed by atoms with Crippen molar-refractivity contribution in [2.75, 3.05) is 25.1 Å². The summed E-state index contributed by atoms with van der Waals surface area (Å²) in [6.07, 6.45) is 5.21. The molecule has 2 aromatic rings. The zero-order valence-corrected chi connectivity index (χ0v) is 19.3. The van der Waals surface area contributed by atoms with Crippen LogP contribution in [0.25, 0.3) is 0 Å². The molecule has 3 N–H and O–H groups in total. The average Bonchev–Trinajstić information content (AvgIpc) is 2.75. The molecule has 2 aliphatic heterocycles. The van der Waals surface area contributed by atoms with Crippen LogP contribution in [0, 0.1) is 6.92 Å². The maximum Gasteiger partial charge on any atom is 0.256 e. The molecule has 1 fully saturated rings. The van der Waals surface area contributed by atoms with Gasteiger partial charge in [-0.2, -0.15) is 0 Å². The van der Waals surface area contributed by atoms with Crippen LogP contribution in [0.2, 0.25) is 5.02 Å². The average molecular weight is 473 g/mol. The van der Waals surface area contributed by atoms with Crippen LogP contribution in [0.5, 0.6) is 5.75 Å². The Balaban J connectivity index is 1.49. The van der Waals surface area contributed by atoms with Gasteiger partial charge < -0.3 is 25.4 Å². The van der Waals surface area contributed by atoms with E-state index < -0.39 is 0 Å². The Morgan fingerprint density at radius 2 is 2.25 bits per heavy atom. The molecule has 0 bridgehead atoms. The van der Waals surface area contributed by atoms with E-state index in [9.17, 15) is 4.79 Å². The molecule has 0 saturated carbocycles. The minimum Gasteiger partial charge on any atom is -0.489 e. The van der Waals surface area contributed by atoms with E-state index in [-0.39, 0.29) is 12.0 Å². The Kier molecular flexibility index (Phi) is 7.24. The van der Waals surface area contributed by atoms with Crippen LogP contribution in [-0.4, -0.2) is 41.7 Å². The molecule has 1 atom stereocenters. The second kappa shape index (κ2) is 10.3. The van der Waals surface area contributed by atoms with E-state index in [1.807, 2.05) is 31.2 Å². The maximum absolute atomic E-state index is 12.7. The molecule has 1 amide bonds. The fourth-order valence-corrected chi connectivity index (χ4v) is 3.98. The summed E-state index contributed by atoms with van der Waals surface area (Å²) in [5.41, 5.74) is 3.74.